The molecule has 0 aliphatic heterocycles. The number of halogens is 4. The quantitative estimate of drug-likeness (QED) is 0.566. The third-order valence-electron chi connectivity index (χ3n) is 1.98. The van der Waals surface area contributed by atoms with Gasteiger partial charge >= 0.3 is 6.18 Å². The van der Waals surface area contributed by atoms with Gasteiger partial charge in [-0.15, -0.1) is 0 Å². The summed E-state index contributed by atoms with van der Waals surface area (Å²) >= 11 is 1.60. The lowest BCUT2D eigenvalue weighted by atomic mass is 10.0. The van der Waals surface area contributed by atoms with Crippen LogP contribution in [-0.4, -0.2) is 5.78 Å². The van der Waals surface area contributed by atoms with Crippen LogP contribution in [0.3, 0.4) is 0 Å². The Bertz CT molecular complexity index is 387. The fourth-order valence-corrected chi connectivity index (χ4v) is 2.37. The SMILES string of the molecule is CC(=O)c1cc(C)c(C(F)(F)F)c(I)c1. The highest BCUT2D eigenvalue weighted by Gasteiger charge is 2.35. The minimum atomic E-state index is -4.37. The molecule has 0 saturated heterocycles. The normalized spacial score (nSPS) is 11.6. The summed E-state index contributed by atoms with van der Waals surface area (Å²) in [6, 6.07) is 2.53. The van der Waals surface area contributed by atoms with Gasteiger partial charge in [-0.2, -0.15) is 13.2 Å². The third-order valence-corrected chi connectivity index (χ3v) is 2.83. The first-order valence-electron chi connectivity index (χ1n) is 4.11. The highest BCUT2D eigenvalue weighted by molar-refractivity contribution is 14.1. The fraction of sp³-hybridized carbons (Fsp3) is 0.300. The lowest BCUT2D eigenvalue weighted by Crippen LogP contribution is -2.11. The number of carbonyl (C=O) groups is 1. The van der Waals surface area contributed by atoms with Crippen LogP contribution in [0.5, 0.6) is 0 Å². The van der Waals surface area contributed by atoms with Gasteiger partial charge in [-0.3, -0.25) is 4.79 Å². The molecular formula is C10H8F3IO. The predicted molar refractivity (Wildman–Crippen MR) is 58.9 cm³/mol. The average Bonchev–Trinajstić information content (AvgIpc) is 1.99. The van der Waals surface area contributed by atoms with Crippen molar-refractivity contribution < 1.29 is 18.0 Å². The van der Waals surface area contributed by atoms with Crippen molar-refractivity contribution in [1.82, 2.24) is 0 Å². The number of hydrogen-bond acceptors (Lipinski definition) is 1. The summed E-state index contributed by atoms with van der Waals surface area (Å²) in [6.45, 7) is 2.69. The first kappa shape index (κ1) is 12.5. The molecule has 1 nitrogen and oxygen atoms in total. The molecule has 0 aromatic heterocycles. The smallest absolute Gasteiger partial charge is 0.295 e. The second-order valence-electron chi connectivity index (χ2n) is 3.20. The summed E-state index contributed by atoms with van der Waals surface area (Å²) in [6.07, 6.45) is -4.37. The number of aryl methyl sites for hydroxylation is 1. The van der Waals surface area contributed by atoms with E-state index in [1.165, 1.54) is 26.0 Å². The van der Waals surface area contributed by atoms with E-state index in [9.17, 15) is 18.0 Å². The molecule has 1 aromatic carbocycles. The van der Waals surface area contributed by atoms with Crippen molar-refractivity contribution in [2.75, 3.05) is 0 Å². The molecule has 0 aliphatic rings. The zero-order valence-corrected chi connectivity index (χ0v) is 10.2. The van der Waals surface area contributed by atoms with Crippen LogP contribution >= 0.6 is 22.6 Å². The molecule has 0 atom stereocenters. The maximum atomic E-state index is 12.6. The van der Waals surface area contributed by atoms with E-state index in [4.69, 9.17) is 0 Å². The third kappa shape index (κ3) is 2.70. The first-order chi connectivity index (χ1) is 6.73. The van der Waals surface area contributed by atoms with E-state index in [0.29, 0.717) is 5.56 Å². The van der Waals surface area contributed by atoms with E-state index in [2.05, 4.69) is 0 Å². The Morgan fingerprint density at radius 1 is 1.33 bits per heavy atom. The van der Waals surface area contributed by atoms with E-state index in [1.807, 2.05) is 0 Å². The van der Waals surface area contributed by atoms with E-state index in [0.717, 1.165) is 0 Å². The predicted octanol–water partition coefficient (Wildman–Crippen LogP) is 3.82. The zero-order chi connectivity index (χ0) is 11.8. The topological polar surface area (TPSA) is 17.1 Å². The zero-order valence-electron chi connectivity index (χ0n) is 8.07. The lowest BCUT2D eigenvalue weighted by molar-refractivity contribution is -0.138. The Kier molecular flexibility index (Phi) is 3.42. The molecule has 0 heterocycles. The highest BCUT2D eigenvalue weighted by atomic mass is 127. The molecule has 82 valence electrons. The fourth-order valence-electron chi connectivity index (χ4n) is 1.31. The van der Waals surface area contributed by atoms with E-state index in [-0.39, 0.29) is 14.9 Å². The number of benzene rings is 1. The number of hydrogen-bond donors (Lipinski definition) is 0. The van der Waals surface area contributed by atoms with Gasteiger partial charge < -0.3 is 0 Å². The number of ketones is 1. The lowest BCUT2D eigenvalue weighted by Gasteiger charge is -2.13. The highest BCUT2D eigenvalue weighted by Crippen LogP contribution is 2.35. The number of Topliss-reactive ketones (excluding diaryl/α,β-unsaturated/α-hetero) is 1. The molecule has 0 aliphatic carbocycles. The van der Waals surface area contributed by atoms with E-state index >= 15 is 0 Å². The van der Waals surface area contributed by atoms with E-state index in [1.54, 1.807) is 22.6 Å². The second kappa shape index (κ2) is 4.11. The van der Waals surface area contributed by atoms with Gasteiger partial charge in [0.2, 0.25) is 0 Å². The van der Waals surface area contributed by atoms with Crippen LogP contribution in [0, 0.1) is 10.5 Å². The molecule has 5 heteroatoms. The van der Waals surface area contributed by atoms with Gasteiger partial charge in [-0.1, -0.05) is 0 Å². The van der Waals surface area contributed by atoms with Crippen molar-refractivity contribution >= 4 is 28.4 Å². The number of alkyl halides is 3. The summed E-state index contributed by atoms with van der Waals surface area (Å²) in [7, 11) is 0. The van der Waals surface area contributed by atoms with Crippen LogP contribution in [0.15, 0.2) is 12.1 Å². The van der Waals surface area contributed by atoms with Crippen LogP contribution in [0.25, 0.3) is 0 Å². The van der Waals surface area contributed by atoms with Crippen molar-refractivity contribution in [3.63, 3.8) is 0 Å². The first-order valence-corrected chi connectivity index (χ1v) is 5.19. The summed E-state index contributed by atoms with van der Waals surface area (Å²) in [5.41, 5.74) is -0.266. The Hall–Kier alpha value is -0.590. The molecule has 0 fully saturated rings. The largest absolute Gasteiger partial charge is 0.417 e. The van der Waals surface area contributed by atoms with Gasteiger partial charge in [0.15, 0.2) is 5.78 Å². The Balaban J connectivity index is 3.41. The minimum Gasteiger partial charge on any atom is -0.295 e. The molecule has 0 saturated carbocycles. The van der Waals surface area contributed by atoms with Crippen molar-refractivity contribution in [1.29, 1.82) is 0 Å². The van der Waals surface area contributed by atoms with Crippen LogP contribution in [0.2, 0.25) is 0 Å². The average molecular weight is 328 g/mol. The summed E-state index contributed by atoms with van der Waals surface area (Å²) in [5.74, 6) is -0.232. The van der Waals surface area contributed by atoms with Crippen molar-refractivity contribution in [2.45, 2.75) is 20.0 Å². The molecule has 1 aromatic rings. The summed E-state index contributed by atoms with van der Waals surface area (Å²) in [4.78, 5) is 11.0. The molecule has 0 radical (unpaired) electrons. The van der Waals surface area contributed by atoms with Crippen molar-refractivity contribution in [3.05, 3.63) is 32.4 Å². The molecular weight excluding hydrogens is 320 g/mol. The molecule has 0 amide bonds. The molecule has 0 bridgehead atoms. The van der Waals surface area contributed by atoms with Crippen LogP contribution < -0.4 is 0 Å². The Morgan fingerprint density at radius 3 is 2.20 bits per heavy atom. The molecule has 0 unspecified atom stereocenters. The molecule has 1 rings (SSSR count). The Labute approximate surface area is 98.8 Å². The van der Waals surface area contributed by atoms with Gasteiger partial charge in [-0.25, -0.2) is 0 Å². The maximum absolute atomic E-state index is 12.6. The van der Waals surface area contributed by atoms with Crippen LogP contribution in [0.1, 0.15) is 28.4 Å². The number of carbonyl (C=O) groups excluding carboxylic acids is 1. The number of rotatable bonds is 1. The molecule has 15 heavy (non-hydrogen) atoms. The van der Waals surface area contributed by atoms with E-state index < -0.39 is 11.7 Å². The monoisotopic (exact) mass is 328 g/mol. The molecule has 0 N–H and O–H groups in total. The Morgan fingerprint density at radius 2 is 1.87 bits per heavy atom. The van der Waals surface area contributed by atoms with Gasteiger partial charge in [0.1, 0.15) is 0 Å². The standard InChI is InChI=1S/C10H8F3IO/c1-5-3-7(6(2)15)4-8(14)9(5)10(11,12)13/h3-4H,1-2H3. The summed E-state index contributed by atoms with van der Waals surface area (Å²) < 4.78 is 37.7. The second-order valence-corrected chi connectivity index (χ2v) is 4.37. The van der Waals surface area contributed by atoms with Crippen LogP contribution in [0.4, 0.5) is 13.2 Å². The van der Waals surface area contributed by atoms with Crippen LogP contribution in [-0.2, 0) is 6.18 Å². The van der Waals surface area contributed by atoms with Gasteiger partial charge in [-0.05, 0) is 54.1 Å². The van der Waals surface area contributed by atoms with Gasteiger partial charge in [0, 0.05) is 9.13 Å². The molecule has 0 spiro atoms. The van der Waals surface area contributed by atoms with Crippen molar-refractivity contribution in [3.8, 4) is 0 Å². The van der Waals surface area contributed by atoms with Crippen molar-refractivity contribution in [2.24, 2.45) is 0 Å². The minimum absolute atomic E-state index is 0.0605. The van der Waals surface area contributed by atoms with Gasteiger partial charge in [0.25, 0.3) is 0 Å². The van der Waals surface area contributed by atoms with Gasteiger partial charge in [0.05, 0.1) is 5.56 Å². The maximum Gasteiger partial charge on any atom is 0.417 e. The summed E-state index contributed by atoms with van der Waals surface area (Å²) in [5, 5.41) is 0.